The predicted molar refractivity (Wildman–Crippen MR) is 99.5 cm³/mol. The number of aryl methyl sites for hydroxylation is 1. The SMILES string of the molecule is COC(=O)c1ccc2c(c1)N(Cc1c(Cl)cnc(C)c1F)C(=O)N(C)[C@H]2C. The standard InChI is InChI=1S/C19H19ClFN3O3/c1-10-17(21)14(15(20)8-22-10)9-24-16-7-12(18(25)27-4)5-6-13(16)11(2)23(3)19(24)26/h5-8,11H,9H2,1-4H3/t11-/m0/s1. The maximum Gasteiger partial charge on any atom is 0.337 e. The van der Waals surface area contributed by atoms with Crippen LogP contribution in [0.25, 0.3) is 0 Å². The normalized spacial score (nSPS) is 16.4. The van der Waals surface area contributed by atoms with Gasteiger partial charge in [0.25, 0.3) is 0 Å². The number of rotatable bonds is 3. The van der Waals surface area contributed by atoms with Gasteiger partial charge < -0.3 is 9.64 Å². The van der Waals surface area contributed by atoms with Crippen molar-refractivity contribution in [2.24, 2.45) is 0 Å². The van der Waals surface area contributed by atoms with Gasteiger partial charge in [-0.15, -0.1) is 0 Å². The van der Waals surface area contributed by atoms with Crippen LogP contribution in [0.2, 0.25) is 5.02 Å². The molecule has 27 heavy (non-hydrogen) atoms. The van der Waals surface area contributed by atoms with E-state index in [1.807, 2.05) is 6.92 Å². The molecule has 0 unspecified atom stereocenters. The smallest absolute Gasteiger partial charge is 0.337 e. The molecule has 0 bridgehead atoms. The van der Waals surface area contributed by atoms with Crippen molar-refractivity contribution in [2.75, 3.05) is 19.1 Å². The van der Waals surface area contributed by atoms with E-state index >= 15 is 0 Å². The summed E-state index contributed by atoms with van der Waals surface area (Å²) in [5.41, 5.74) is 2.05. The zero-order valence-corrected chi connectivity index (χ0v) is 16.2. The molecule has 0 saturated carbocycles. The largest absolute Gasteiger partial charge is 0.465 e. The number of anilines is 1. The van der Waals surface area contributed by atoms with E-state index < -0.39 is 11.8 Å². The van der Waals surface area contributed by atoms with Crippen molar-refractivity contribution >= 4 is 29.3 Å². The molecule has 0 N–H and O–H groups in total. The third kappa shape index (κ3) is 3.23. The number of hydrogen-bond donors (Lipinski definition) is 0. The molecule has 2 aromatic rings. The van der Waals surface area contributed by atoms with Gasteiger partial charge in [-0.1, -0.05) is 17.7 Å². The van der Waals surface area contributed by atoms with Crippen LogP contribution >= 0.6 is 11.6 Å². The van der Waals surface area contributed by atoms with Crippen LogP contribution in [0.1, 0.15) is 40.1 Å². The minimum atomic E-state index is -0.553. The fourth-order valence-corrected chi connectivity index (χ4v) is 3.30. The van der Waals surface area contributed by atoms with Crippen LogP contribution in [-0.4, -0.2) is 36.0 Å². The molecule has 0 spiro atoms. The third-order valence-corrected chi connectivity index (χ3v) is 5.19. The number of halogens is 2. The molecule has 0 saturated heterocycles. The lowest BCUT2D eigenvalue weighted by molar-refractivity contribution is 0.0600. The Bertz CT molecular complexity index is 935. The lowest BCUT2D eigenvalue weighted by Crippen LogP contribution is -2.46. The Balaban J connectivity index is 2.13. The number of benzene rings is 1. The molecule has 0 radical (unpaired) electrons. The van der Waals surface area contributed by atoms with Crippen LogP contribution < -0.4 is 4.90 Å². The minimum Gasteiger partial charge on any atom is -0.465 e. The Labute approximate surface area is 161 Å². The number of carbonyl (C=O) groups is 2. The number of esters is 1. The summed E-state index contributed by atoms with van der Waals surface area (Å²) in [5, 5.41) is 0.137. The average Bonchev–Trinajstić information content (AvgIpc) is 2.67. The molecular weight excluding hydrogens is 373 g/mol. The fraction of sp³-hybridized carbons (Fsp3) is 0.316. The summed E-state index contributed by atoms with van der Waals surface area (Å²) in [5.74, 6) is -1.07. The molecule has 0 aliphatic carbocycles. The van der Waals surface area contributed by atoms with Crippen molar-refractivity contribution < 1.29 is 18.7 Å². The molecule has 8 heteroatoms. The molecule has 1 aliphatic rings. The second-order valence-corrected chi connectivity index (χ2v) is 6.81. The molecule has 0 fully saturated rings. The molecule has 6 nitrogen and oxygen atoms in total. The first kappa shape index (κ1) is 19.1. The van der Waals surface area contributed by atoms with E-state index in [0.717, 1.165) is 5.56 Å². The number of urea groups is 1. The van der Waals surface area contributed by atoms with Crippen molar-refractivity contribution in [3.8, 4) is 0 Å². The van der Waals surface area contributed by atoms with Crippen molar-refractivity contribution in [2.45, 2.75) is 26.4 Å². The van der Waals surface area contributed by atoms with Gasteiger partial charge in [-0.2, -0.15) is 0 Å². The Morgan fingerprint density at radius 3 is 2.78 bits per heavy atom. The molecule has 2 heterocycles. The topological polar surface area (TPSA) is 62.7 Å². The Morgan fingerprint density at radius 2 is 2.11 bits per heavy atom. The van der Waals surface area contributed by atoms with E-state index in [2.05, 4.69) is 4.98 Å². The second kappa shape index (κ2) is 7.15. The molecule has 1 aliphatic heterocycles. The van der Waals surface area contributed by atoms with E-state index in [1.165, 1.54) is 25.1 Å². The number of hydrogen-bond acceptors (Lipinski definition) is 4. The highest BCUT2D eigenvalue weighted by Crippen LogP contribution is 2.38. The van der Waals surface area contributed by atoms with Crippen LogP contribution in [0.5, 0.6) is 0 Å². The summed E-state index contributed by atoms with van der Waals surface area (Å²) >= 11 is 6.14. The maximum absolute atomic E-state index is 14.6. The van der Waals surface area contributed by atoms with E-state index in [-0.39, 0.29) is 34.9 Å². The number of pyridine rings is 1. The Kier molecular flexibility index (Phi) is 5.06. The molecule has 2 amide bonds. The fourth-order valence-electron chi connectivity index (χ4n) is 3.11. The molecule has 1 aromatic carbocycles. The first-order valence-electron chi connectivity index (χ1n) is 8.32. The summed E-state index contributed by atoms with van der Waals surface area (Å²) in [7, 11) is 2.96. The zero-order chi connectivity index (χ0) is 19.9. The number of nitrogens with zero attached hydrogens (tertiary/aromatic N) is 3. The van der Waals surface area contributed by atoms with Crippen LogP contribution in [0, 0.1) is 12.7 Å². The third-order valence-electron chi connectivity index (χ3n) is 4.86. The highest BCUT2D eigenvalue weighted by atomic mass is 35.5. The Hall–Kier alpha value is -2.67. The van der Waals surface area contributed by atoms with Crippen LogP contribution in [0.4, 0.5) is 14.9 Å². The summed E-state index contributed by atoms with van der Waals surface area (Å²) in [4.78, 5) is 31.7. The number of carbonyl (C=O) groups excluding carboxylic acids is 2. The van der Waals surface area contributed by atoms with Gasteiger partial charge in [-0.3, -0.25) is 9.88 Å². The molecule has 142 valence electrons. The van der Waals surface area contributed by atoms with Gasteiger partial charge in [0.2, 0.25) is 0 Å². The number of fused-ring (bicyclic) bond motifs is 1. The second-order valence-electron chi connectivity index (χ2n) is 6.40. The highest BCUT2D eigenvalue weighted by molar-refractivity contribution is 6.31. The molecular formula is C19H19ClFN3O3. The average molecular weight is 392 g/mol. The van der Waals surface area contributed by atoms with Gasteiger partial charge in [0, 0.05) is 18.8 Å². The quantitative estimate of drug-likeness (QED) is 0.739. The number of aromatic nitrogens is 1. The number of ether oxygens (including phenoxy) is 1. The van der Waals surface area contributed by atoms with Crippen LogP contribution in [-0.2, 0) is 11.3 Å². The first-order valence-corrected chi connectivity index (χ1v) is 8.70. The van der Waals surface area contributed by atoms with Crippen LogP contribution in [0.3, 0.4) is 0 Å². The number of methoxy groups -OCH3 is 1. The maximum atomic E-state index is 14.6. The lowest BCUT2D eigenvalue weighted by atomic mass is 9.98. The van der Waals surface area contributed by atoms with Gasteiger partial charge in [0.15, 0.2) is 5.82 Å². The predicted octanol–water partition coefficient (Wildman–Crippen LogP) is 4.10. The monoisotopic (exact) mass is 391 g/mol. The van der Waals surface area contributed by atoms with Gasteiger partial charge in [0.05, 0.1) is 41.7 Å². The highest BCUT2D eigenvalue weighted by Gasteiger charge is 2.34. The van der Waals surface area contributed by atoms with Crippen molar-refractivity contribution in [3.63, 3.8) is 0 Å². The molecule has 1 aromatic heterocycles. The van der Waals surface area contributed by atoms with E-state index in [1.54, 1.807) is 30.1 Å². The minimum absolute atomic E-state index is 0.0818. The summed E-state index contributed by atoms with van der Waals surface area (Å²) in [6.45, 7) is 3.34. The van der Waals surface area contributed by atoms with Gasteiger partial charge >= 0.3 is 12.0 Å². The lowest BCUT2D eigenvalue weighted by Gasteiger charge is -2.39. The molecule has 1 atom stereocenters. The zero-order valence-electron chi connectivity index (χ0n) is 15.4. The van der Waals surface area contributed by atoms with Gasteiger partial charge in [-0.25, -0.2) is 14.0 Å². The Morgan fingerprint density at radius 1 is 1.41 bits per heavy atom. The van der Waals surface area contributed by atoms with E-state index in [0.29, 0.717) is 11.3 Å². The summed E-state index contributed by atoms with van der Waals surface area (Å²) < 4.78 is 19.4. The van der Waals surface area contributed by atoms with Crippen LogP contribution in [0.15, 0.2) is 24.4 Å². The van der Waals surface area contributed by atoms with E-state index in [4.69, 9.17) is 16.3 Å². The van der Waals surface area contributed by atoms with Crippen molar-refractivity contribution in [3.05, 3.63) is 57.6 Å². The summed E-state index contributed by atoms with van der Waals surface area (Å²) in [6, 6.07) is 4.49. The molecule has 3 rings (SSSR count). The van der Waals surface area contributed by atoms with Crippen molar-refractivity contribution in [1.82, 2.24) is 9.88 Å². The summed E-state index contributed by atoms with van der Waals surface area (Å²) in [6.07, 6.45) is 1.36. The first-order chi connectivity index (χ1) is 12.8. The number of amides is 2. The van der Waals surface area contributed by atoms with Gasteiger partial charge in [0.1, 0.15) is 0 Å². The van der Waals surface area contributed by atoms with Crippen molar-refractivity contribution in [1.29, 1.82) is 0 Å². The van der Waals surface area contributed by atoms with Gasteiger partial charge in [-0.05, 0) is 31.5 Å². The van der Waals surface area contributed by atoms with E-state index in [9.17, 15) is 14.0 Å².